The fourth-order valence-corrected chi connectivity index (χ4v) is 2.18. The molecule has 0 aromatic rings. The lowest BCUT2D eigenvalue weighted by atomic mass is 10.2. The molecular weight excluding hydrogens is 233 g/mol. The van der Waals surface area contributed by atoms with Crippen molar-refractivity contribution in [2.75, 3.05) is 18.6 Å². The van der Waals surface area contributed by atoms with E-state index in [1.54, 1.807) is 0 Å². The number of hydrogen-bond acceptors (Lipinski definition) is 3. The first kappa shape index (κ1) is 14.4. The van der Waals surface area contributed by atoms with Crippen LogP contribution in [-0.2, 0) is 20.3 Å². The summed E-state index contributed by atoms with van der Waals surface area (Å²) in [6.07, 6.45) is -5.39. The first-order chi connectivity index (χ1) is 6.76. The van der Waals surface area contributed by atoms with Crippen LogP contribution in [0.1, 0.15) is 13.3 Å². The summed E-state index contributed by atoms with van der Waals surface area (Å²) in [4.78, 5) is 10.9. The third-order valence-electron chi connectivity index (χ3n) is 1.65. The number of methoxy groups -OCH3 is 1. The Morgan fingerprint density at radius 3 is 2.40 bits per heavy atom. The highest BCUT2D eigenvalue weighted by Crippen LogP contribution is 2.19. The van der Waals surface area contributed by atoms with Crippen LogP contribution in [0.4, 0.5) is 13.2 Å². The maximum Gasteiger partial charge on any atom is 0.390 e. The summed E-state index contributed by atoms with van der Waals surface area (Å²) < 4.78 is 50.7. The van der Waals surface area contributed by atoms with E-state index in [9.17, 15) is 22.2 Å². The summed E-state index contributed by atoms with van der Waals surface area (Å²) in [5.74, 6) is -1.76. The monoisotopic (exact) mass is 246 g/mol. The molecule has 3 nitrogen and oxygen atoms in total. The number of alkyl halides is 3. The third kappa shape index (κ3) is 7.35. The lowest BCUT2D eigenvalue weighted by Gasteiger charge is -2.09. The Morgan fingerprint density at radius 1 is 1.47 bits per heavy atom. The number of hydrogen-bond donors (Lipinski definition) is 0. The van der Waals surface area contributed by atoms with Gasteiger partial charge in [-0.2, -0.15) is 13.2 Å². The maximum atomic E-state index is 11.8. The summed E-state index contributed by atoms with van der Waals surface area (Å²) in [5.41, 5.74) is 0. The minimum absolute atomic E-state index is 0.0945. The zero-order valence-corrected chi connectivity index (χ0v) is 9.28. The second-order valence-corrected chi connectivity index (χ2v) is 4.72. The van der Waals surface area contributed by atoms with Crippen LogP contribution in [0.25, 0.3) is 0 Å². The van der Waals surface area contributed by atoms with Gasteiger partial charge in [0.2, 0.25) is 0 Å². The van der Waals surface area contributed by atoms with E-state index in [0.29, 0.717) is 0 Å². The van der Waals surface area contributed by atoms with Gasteiger partial charge < -0.3 is 4.74 Å². The molecule has 0 rings (SSSR count). The fraction of sp³-hybridized carbons (Fsp3) is 0.875. The molecule has 0 saturated carbocycles. The van der Waals surface area contributed by atoms with Crippen molar-refractivity contribution in [3.8, 4) is 0 Å². The van der Waals surface area contributed by atoms with Crippen LogP contribution in [0.5, 0.6) is 0 Å². The van der Waals surface area contributed by atoms with E-state index in [-0.39, 0.29) is 5.75 Å². The predicted molar refractivity (Wildman–Crippen MR) is 49.7 cm³/mol. The highest BCUT2D eigenvalue weighted by Gasteiger charge is 2.28. The summed E-state index contributed by atoms with van der Waals surface area (Å²) >= 11 is 0. The van der Waals surface area contributed by atoms with E-state index in [4.69, 9.17) is 0 Å². The van der Waals surface area contributed by atoms with Crippen molar-refractivity contribution in [3.05, 3.63) is 0 Å². The van der Waals surface area contributed by atoms with E-state index >= 15 is 0 Å². The molecule has 0 aliphatic carbocycles. The zero-order valence-electron chi connectivity index (χ0n) is 8.47. The molecule has 0 saturated heterocycles. The fourth-order valence-electron chi connectivity index (χ4n) is 0.861. The molecule has 7 heteroatoms. The zero-order chi connectivity index (χ0) is 12.1. The number of rotatable bonds is 5. The Morgan fingerprint density at radius 2 is 2.00 bits per heavy atom. The van der Waals surface area contributed by atoms with Gasteiger partial charge >= 0.3 is 12.1 Å². The van der Waals surface area contributed by atoms with Crippen molar-refractivity contribution in [3.63, 3.8) is 0 Å². The minimum atomic E-state index is -4.30. The molecular formula is C8H13F3O3S. The van der Waals surface area contributed by atoms with Crippen LogP contribution in [0.3, 0.4) is 0 Å². The standard InChI is InChI=1S/C8H13F3O3S/c1-6(7(12)14-2)5-15(13)4-3-8(9,10)11/h6H,3-5H2,1-2H3. The Hall–Kier alpha value is -0.590. The lowest BCUT2D eigenvalue weighted by molar-refractivity contribution is -0.144. The molecule has 0 fully saturated rings. The predicted octanol–water partition coefficient (Wildman–Crippen LogP) is 1.50. The number of carbonyl (C=O) groups excluding carboxylic acids is 1. The van der Waals surface area contributed by atoms with E-state index in [1.807, 2.05) is 0 Å². The molecule has 2 atom stereocenters. The van der Waals surface area contributed by atoms with E-state index in [0.717, 1.165) is 0 Å². The molecule has 0 heterocycles. The molecule has 90 valence electrons. The molecule has 0 amide bonds. The highest BCUT2D eigenvalue weighted by atomic mass is 32.2. The first-order valence-corrected chi connectivity index (χ1v) is 5.74. The van der Waals surface area contributed by atoms with Gasteiger partial charge in [0.15, 0.2) is 0 Å². The van der Waals surface area contributed by atoms with Gasteiger partial charge in [-0.1, -0.05) is 6.92 Å². The topological polar surface area (TPSA) is 43.4 Å². The first-order valence-electron chi connectivity index (χ1n) is 4.26. The van der Waals surface area contributed by atoms with Crippen LogP contribution in [0.15, 0.2) is 0 Å². The molecule has 0 N–H and O–H groups in total. The van der Waals surface area contributed by atoms with Gasteiger partial charge in [0.25, 0.3) is 0 Å². The second kappa shape index (κ2) is 6.09. The van der Waals surface area contributed by atoms with Crippen molar-refractivity contribution < 1.29 is 26.9 Å². The van der Waals surface area contributed by atoms with Crippen molar-refractivity contribution in [1.82, 2.24) is 0 Å². The smallest absolute Gasteiger partial charge is 0.390 e. The molecule has 0 aliphatic heterocycles. The van der Waals surface area contributed by atoms with Gasteiger partial charge in [-0.05, 0) is 0 Å². The Kier molecular flexibility index (Phi) is 5.85. The van der Waals surface area contributed by atoms with Crippen LogP contribution in [0.2, 0.25) is 0 Å². The Labute approximate surface area is 88.4 Å². The van der Waals surface area contributed by atoms with Crippen LogP contribution >= 0.6 is 0 Å². The normalized spacial score (nSPS) is 15.8. The molecule has 2 unspecified atom stereocenters. The van der Waals surface area contributed by atoms with E-state index in [2.05, 4.69) is 4.74 Å². The van der Waals surface area contributed by atoms with Crippen molar-refractivity contribution in [1.29, 1.82) is 0 Å². The molecule has 0 aliphatic rings. The highest BCUT2D eigenvalue weighted by molar-refractivity contribution is 7.85. The van der Waals surface area contributed by atoms with Crippen molar-refractivity contribution in [2.24, 2.45) is 5.92 Å². The van der Waals surface area contributed by atoms with Crippen molar-refractivity contribution >= 4 is 16.8 Å². The van der Waals surface area contributed by atoms with Gasteiger partial charge in [-0.3, -0.25) is 9.00 Å². The van der Waals surface area contributed by atoms with E-state index in [1.165, 1.54) is 14.0 Å². The lowest BCUT2D eigenvalue weighted by Crippen LogP contribution is -2.22. The molecule has 0 aromatic carbocycles. The van der Waals surface area contributed by atoms with Gasteiger partial charge in [0.05, 0.1) is 19.4 Å². The average Bonchev–Trinajstić information content (AvgIpc) is 2.12. The largest absolute Gasteiger partial charge is 0.469 e. The second-order valence-electron chi connectivity index (χ2n) is 3.10. The molecule has 0 bridgehead atoms. The number of carbonyl (C=O) groups is 1. The van der Waals surface area contributed by atoms with Gasteiger partial charge in [0.1, 0.15) is 0 Å². The summed E-state index contributed by atoms with van der Waals surface area (Å²) in [6.45, 7) is 1.47. The minimum Gasteiger partial charge on any atom is -0.469 e. The Balaban J connectivity index is 3.89. The molecule has 0 aromatic heterocycles. The number of esters is 1. The van der Waals surface area contributed by atoms with Crippen LogP contribution < -0.4 is 0 Å². The SMILES string of the molecule is COC(=O)C(C)CS(=O)CCC(F)(F)F. The summed E-state index contributed by atoms with van der Waals surface area (Å²) in [7, 11) is -0.462. The van der Waals surface area contributed by atoms with Crippen molar-refractivity contribution in [2.45, 2.75) is 19.5 Å². The molecule has 0 radical (unpaired) electrons. The molecule has 15 heavy (non-hydrogen) atoms. The van der Waals surface area contributed by atoms with Gasteiger partial charge in [-0.15, -0.1) is 0 Å². The maximum absolute atomic E-state index is 11.8. The van der Waals surface area contributed by atoms with Crippen LogP contribution in [0, 0.1) is 5.92 Å². The van der Waals surface area contributed by atoms with E-state index < -0.39 is 41.0 Å². The number of halogens is 3. The summed E-state index contributed by atoms with van der Waals surface area (Å²) in [5, 5.41) is 0. The van der Waals surface area contributed by atoms with Crippen LogP contribution in [-0.4, -0.2) is 35.0 Å². The summed E-state index contributed by atoms with van der Waals surface area (Å²) in [6, 6.07) is 0. The molecule has 0 spiro atoms. The van der Waals surface area contributed by atoms with Gasteiger partial charge in [-0.25, -0.2) is 0 Å². The number of ether oxygens (including phenoxy) is 1. The third-order valence-corrected chi connectivity index (χ3v) is 3.18. The quantitative estimate of drug-likeness (QED) is 0.690. The van der Waals surface area contributed by atoms with Gasteiger partial charge in [0, 0.05) is 22.3 Å². The Bertz CT molecular complexity index is 240. The average molecular weight is 246 g/mol.